The number of hydrazine groups is 1. The molecule has 2 heterocycles. The molecule has 1 aromatic rings. The first-order valence-corrected chi connectivity index (χ1v) is 10.6. The molecule has 5 rings (SSSR count). The quantitative estimate of drug-likeness (QED) is 0.573. The predicted octanol–water partition coefficient (Wildman–Crippen LogP) is 1.12. The number of anilines is 1. The highest BCUT2D eigenvalue weighted by atomic mass is 16.5. The smallest absolute Gasteiger partial charge is 0.244 e. The van der Waals surface area contributed by atoms with Crippen molar-refractivity contribution in [2.75, 3.05) is 19.5 Å². The van der Waals surface area contributed by atoms with Crippen molar-refractivity contribution in [3.8, 4) is 5.75 Å². The molecule has 4 atom stereocenters. The molecule has 4 N–H and O–H groups in total. The predicted molar refractivity (Wildman–Crippen MR) is 108 cm³/mol. The van der Waals surface area contributed by atoms with Gasteiger partial charge in [0, 0.05) is 25.4 Å². The van der Waals surface area contributed by atoms with E-state index in [2.05, 4.69) is 39.6 Å². The zero-order valence-electron chi connectivity index (χ0n) is 16.9. The molecule has 0 spiro atoms. The SMILES string of the molecule is COc1cc(C2CC2)ccc1NC1CC(NC(=O)C2CC2)NC2NN(C)C(=O)C12. The van der Waals surface area contributed by atoms with Gasteiger partial charge in [0.1, 0.15) is 5.75 Å². The fraction of sp³-hybridized carbons (Fsp3) is 0.619. The van der Waals surface area contributed by atoms with E-state index in [-0.39, 0.29) is 42.0 Å². The molecule has 4 unspecified atom stereocenters. The number of nitrogens with one attached hydrogen (secondary N) is 4. The van der Waals surface area contributed by atoms with Crippen LogP contribution in [0.25, 0.3) is 0 Å². The second-order valence-corrected chi connectivity index (χ2v) is 8.75. The molecule has 2 aliphatic heterocycles. The lowest BCUT2D eigenvalue weighted by molar-refractivity contribution is -0.131. The summed E-state index contributed by atoms with van der Waals surface area (Å²) in [5, 5.41) is 11.6. The van der Waals surface area contributed by atoms with Crippen LogP contribution < -0.4 is 26.1 Å². The maximum absolute atomic E-state index is 12.8. The number of carbonyl (C=O) groups is 2. The second-order valence-electron chi connectivity index (χ2n) is 8.75. The van der Waals surface area contributed by atoms with Crippen LogP contribution in [-0.4, -0.2) is 49.4 Å². The number of carbonyl (C=O) groups excluding carboxylic acids is 2. The Labute approximate surface area is 170 Å². The summed E-state index contributed by atoms with van der Waals surface area (Å²) in [5.74, 6) is 1.48. The Morgan fingerprint density at radius 2 is 2.03 bits per heavy atom. The van der Waals surface area contributed by atoms with Crippen LogP contribution in [0.5, 0.6) is 5.75 Å². The fourth-order valence-corrected chi connectivity index (χ4v) is 4.53. The van der Waals surface area contributed by atoms with E-state index in [9.17, 15) is 9.59 Å². The molecule has 0 bridgehead atoms. The van der Waals surface area contributed by atoms with E-state index in [0.29, 0.717) is 12.3 Å². The molecule has 0 radical (unpaired) electrons. The van der Waals surface area contributed by atoms with Crippen molar-refractivity contribution < 1.29 is 14.3 Å². The minimum atomic E-state index is -0.262. The molecule has 29 heavy (non-hydrogen) atoms. The van der Waals surface area contributed by atoms with E-state index >= 15 is 0 Å². The van der Waals surface area contributed by atoms with Gasteiger partial charge in [0.05, 0.1) is 31.0 Å². The number of piperidine rings is 1. The topological polar surface area (TPSA) is 94.7 Å². The maximum atomic E-state index is 12.8. The summed E-state index contributed by atoms with van der Waals surface area (Å²) in [4.78, 5) is 25.0. The number of fused-ring (bicyclic) bond motifs is 1. The monoisotopic (exact) mass is 399 g/mol. The third-order valence-corrected chi connectivity index (χ3v) is 6.49. The van der Waals surface area contributed by atoms with Gasteiger partial charge in [-0.15, -0.1) is 0 Å². The van der Waals surface area contributed by atoms with Gasteiger partial charge in [0.15, 0.2) is 0 Å². The third-order valence-electron chi connectivity index (χ3n) is 6.49. The molecule has 1 aromatic carbocycles. The molecule has 0 aromatic heterocycles. The van der Waals surface area contributed by atoms with Crippen molar-refractivity contribution in [2.24, 2.45) is 11.8 Å². The number of ether oxygens (including phenoxy) is 1. The third kappa shape index (κ3) is 3.67. The average Bonchev–Trinajstić information content (AvgIpc) is 3.61. The van der Waals surface area contributed by atoms with E-state index in [1.165, 1.54) is 23.4 Å². The Morgan fingerprint density at radius 3 is 2.72 bits per heavy atom. The summed E-state index contributed by atoms with van der Waals surface area (Å²) in [6.07, 6.45) is 4.62. The van der Waals surface area contributed by atoms with E-state index in [4.69, 9.17) is 4.74 Å². The molecule has 156 valence electrons. The first kappa shape index (κ1) is 18.7. The van der Waals surface area contributed by atoms with Gasteiger partial charge in [0.25, 0.3) is 0 Å². The summed E-state index contributed by atoms with van der Waals surface area (Å²) in [7, 11) is 3.42. The van der Waals surface area contributed by atoms with Crippen molar-refractivity contribution >= 4 is 17.5 Å². The molecule has 2 aliphatic carbocycles. The molecular weight excluding hydrogens is 370 g/mol. The van der Waals surface area contributed by atoms with E-state index in [1.54, 1.807) is 14.2 Å². The van der Waals surface area contributed by atoms with E-state index in [1.807, 2.05) is 0 Å². The van der Waals surface area contributed by atoms with Gasteiger partial charge >= 0.3 is 0 Å². The van der Waals surface area contributed by atoms with Crippen LogP contribution in [0.15, 0.2) is 18.2 Å². The lowest BCUT2D eigenvalue weighted by Gasteiger charge is -2.38. The van der Waals surface area contributed by atoms with Gasteiger partial charge in [-0.25, -0.2) is 5.43 Å². The average molecular weight is 399 g/mol. The lowest BCUT2D eigenvalue weighted by atomic mass is 9.88. The van der Waals surface area contributed by atoms with E-state index in [0.717, 1.165) is 24.3 Å². The Kier molecular flexibility index (Phi) is 4.63. The molecular formula is C21H29N5O3. The van der Waals surface area contributed by atoms with Gasteiger partial charge in [0.2, 0.25) is 11.8 Å². The van der Waals surface area contributed by atoms with Crippen LogP contribution >= 0.6 is 0 Å². The maximum Gasteiger partial charge on any atom is 0.244 e. The van der Waals surface area contributed by atoms with Crippen molar-refractivity contribution in [3.63, 3.8) is 0 Å². The van der Waals surface area contributed by atoms with Crippen LogP contribution in [-0.2, 0) is 9.59 Å². The molecule has 2 saturated heterocycles. The van der Waals surface area contributed by atoms with Gasteiger partial charge in [-0.3, -0.25) is 19.9 Å². The largest absolute Gasteiger partial charge is 0.495 e. The number of amides is 2. The van der Waals surface area contributed by atoms with Crippen molar-refractivity contribution in [1.82, 2.24) is 21.1 Å². The van der Waals surface area contributed by atoms with Gasteiger partial charge in [-0.05, 0) is 49.3 Å². The molecule has 8 nitrogen and oxygen atoms in total. The number of benzene rings is 1. The molecule has 8 heteroatoms. The first-order chi connectivity index (χ1) is 14.0. The van der Waals surface area contributed by atoms with Crippen molar-refractivity contribution in [1.29, 1.82) is 0 Å². The van der Waals surface area contributed by atoms with Crippen molar-refractivity contribution in [3.05, 3.63) is 23.8 Å². The number of rotatable bonds is 6. The Morgan fingerprint density at radius 1 is 1.24 bits per heavy atom. The first-order valence-electron chi connectivity index (χ1n) is 10.6. The van der Waals surface area contributed by atoms with Crippen LogP contribution in [0.4, 0.5) is 5.69 Å². The van der Waals surface area contributed by atoms with Crippen LogP contribution in [0.2, 0.25) is 0 Å². The standard InChI is InChI=1S/C21H29N5O3/c1-26-21(28)18-15(10-17(23-19(18)25-26)24-20(27)12-5-6-12)22-14-8-7-13(11-3-4-11)9-16(14)29-2/h7-9,11-12,15,17-19,22-23,25H,3-6,10H2,1-2H3,(H,24,27). The Balaban J connectivity index is 1.36. The minimum absolute atomic E-state index is 0.0422. The Bertz CT molecular complexity index is 823. The zero-order chi connectivity index (χ0) is 20.1. The summed E-state index contributed by atoms with van der Waals surface area (Å²) in [5.41, 5.74) is 5.38. The summed E-state index contributed by atoms with van der Waals surface area (Å²) in [6.45, 7) is 0. The van der Waals surface area contributed by atoms with Crippen molar-refractivity contribution in [2.45, 2.75) is 56.4 Å². The van der Waals surface area contributed by atoms with E-state index < -0.39 is 0 Å². The fourth-order valence-electron chi connectivity index (χ4n) is 4.53. The Hall–Kier alpha value is -2.32. The highest BCUT2D eigenvalue weighted by Crippen LogP contribution is 2.43. The molecule has 4 fully saturated rings. The number of methoxy groups -OCH3 is 1. The molecule has 2 amide bonds. The number of hydrogen-bond donors (Lipinski definition) is 4. The summed E-state index contributed by atoms with van der Waals surface area (Å²) in [6, 6.07) is 6.18. The number of nitrogens with zero attached hydrogens (tertiary/aromatic N) is 1. The van der Waals surface area contributed by atoms with Gasteiger partial charge in [-0.1, -0.05) is 6.07 Å². The van der Waals surface area contributed by atoms with Crippen LogP contribution in [0.1, 0.15) is 43.6 Å². The molecule has 2 saturated carbocycles. The number of hydrogen-bond acceptors (Lipinski definition) is 6. The summed E-state index contributed by atoms with van der Waals surface area (Å²) >= 11 is 0. The van der Waals surface area contributed by atoms with Gasteiger partial charge < -0.3 is 15.4 Å². The molecule has 4 aliphatic rings. The normalized spacial score (nSPS) is 31.4. The van der Waals surface area contributed by atoms with Crippen LogP contribution in [0.3, 0.4) is 0 Å². The highest BCUT2D eigenvalue weighted by molar-refractivity contribution is 5.83. The zero-order valence-corrected chi connectivity index (χ0v) is 16.9. The summed E-state index contributed by atoms with van der Waals surface area (Å²) < 4.78 is 5.64. The van der Waals surface area contributed by atoms with Crippen LogP contribution in [0, 0.1) is 11.8 Å². The second kappa shape index (κ2) is 7.18. The highest BCUT2D eigenvalue weighted by Gasteiger charge is 2.49. The lowest BCUT2D eigenvalue weighted by Crippen LogP contribution is -2.63. The van der Waals surface area contributed by atoms with Gasteiger partial charge in [-0.2, -0.15) is 0 Å². The minimum Gasteiger partial charge on any atom is -0.495 e.